The summed E-state index contributed by atoms with van der Waals surface area (Å²) in [5.74, 6) is 0.453. The van der Waals surface area contributed by atoms with Crippen molar-refractivity contribution >= 4 is 7.32 Å². The molecule has 0 aromatic heterocycles. The zero-order valence-corrected chi connectivity index (χ0v) is 15.7. The lowest BCUT2D eigenvalue weighted by atomic mass is 9.76. The molecule has 0 saturated carbocycles. The van der Waals surface area contributed by atoms with Gasteiger partial charge in [0.1, 0.15) is 5.60 Å². The highest BCUT2D eigenvalue weighted by Gasteiger charge is 2.42. The fraction of sp³-hybridized carbons (Fsp3) is 0.217. The largest absolute Gasteiger partial charge is 0.635 e. The third kappa shape index (κ3) is 4.14. The molecule has 2 N–H and O–H groups in total. The molecule has 3 aromatic rings. The van der Waals surface area contributed by atoms with E-state index in [-0.39, 0.29) is 0 Å². The van der Waals surface area contributed by atoms with E-state index in [1.165, 1.54) is 0 Å². The molecular formula is C23H25BO3. The standard InChI is InChI=1S/C23H25BO3/c1-18(2)17-19-11-9-10-16-22(19)23(27-24(25)26,20-12-5-3-6-13-20)21-14-7-4-8-15-21/h3-16,18,25-26H,17H2,1-2H3. The van der Waals surface area contributed by atoms with Gasteiger partial charge in [0.05, 0.1) is 0 Å². The minimum Gasteiger partial charge on any atom is -0.402 e. The van der Waals surface area contributed by atoms with E-state index in [0.29, 0.717) is 5.92 Å². The van der Waals surface area contributed by atoms with Crippen LogP contribution in [0.15, 0.2) is 84.9 Å². The SMILES string of the molecule is CC(C)Cc1ccccc1C(OB(O)O)(c1ccccc1)c1ccccc1. The second kappa shape index (κ2) is 8.53. The molecule has 0 amide bonds. The van der Waals surface area contributed by atoms with Gasteiger partial charge in [-0.25, -0.2) is 0 Å². The highest BCUT2D eigenvalue weighted by Crippen LogP contribution is 2.42. The Morgan fingerprint density at radius 3 is 1.74 bits per heavy atom. The van der Waals surface area contributed by atoms with Gasteiger partial charge in [-0.05, 0) is 34.6 Å². The van der Waals surface area contributed by atoms with Crippen LogP contribution in [0.4, 0.5) is 0 Å². The Labute approximate surface area is 161 Å². The normalized spacial score (nSPS) is 11.6. The average Bonchev–Trinajstić information content (AvgIpc) is 2.67. The Balaban J connectivity index is 2.34. The molecule has 0 unspecified atom stereocenters. The summed E-state index contributed by atoms with van der Waals surface area (Å²) in [6.45, 7) is 4.34. The number of hydrogen-bond acceptors (Lipinski definition) is 3. The van der Waals surface area contributed by atoms with E-state index in [9.17, 15) is 10.0 Å². The van der Waals surface area contributed by atoms with Gasteiger partial charge in [-0.15, -0.1) is 0 Å². The quantitative estimate of drug-likeness (QED) is 0.491. The first kappa shape index (κ1) is 19.4. The van der Waals surface area contributed by atoms with Gasteiger partial charge in [-0.1, -0.05) is 98.8 Å². The van der Waals surface area contributed by atoms with Crippen LogP contribution in [-0.4, -0.2) is 17.4 Å². The van der Waals surface area contributed by atoms with Crippen LogP contribution < -0.4 is 0 Å². The van der Waals surface area contributed by atoms with Crippen molar-refractivity contribution in [3.8, 4) is 0 Å². The summed E-state index contributed by atoms with van der Waals surface area (Å²) in [4.78, 5) is 0. The van der Waals surface area contributed by atoms with Crippen LogP contribution in [0, 0.1) is 5.92 Å². The van der Waals surface area contributed by atoms with E-state index in [1.807, 2.05) is 78.9 Å². The van der Waals surface area contributed by atoms with Crippen molar-refractivity contribution in [2.24, 2.45) is 5.92 Å². The second-order valence-corrected chi connectivity index (χ2v) is 7.11. The molecule has 0 aliphatic heterocycles. The Hall–Kier alpha value is -2.40. The Morgan fingerprint density at radius 2 is 1.26 bits per heavy atom. The Bertz CT molecular complexity index is 808. The molecule has 3 rings (SSSR count). The Kier molecular flexibility index (Phi) is 6.12. The predicted octanol–water partition coefficient (Wildman–Crippen LogP) is 4.16. The zero-order chi connectivity index (χ0) is 19.3. The van der Waals surface area contributed by atoms with Gasteiger partial charge in [-0.3, -0.25) is 0 Å². The van der Waals surface area contributed by atoms with E-state index in [0.717, 1.165) is 28.7 Å². The van der Waals surface area contributed by atoms with Crippen molar-refractivity contribution in [1.29, 1.82) is 0 Å². The molecule has 0 heterocycles. The maximum absolute atomic E-state index is 9.88. The van der Waals surface area contributed by atoms with Crippen LogP contribution in [0.3, 0.4) is 0 Å². The molecular weight excluding hydrogens is 335 g/mol. The molecule has 0 aliphatic rings. The lowest BCUT2D eigenvalue weighted by Gasteiger charge is -2.37. The van der Waals surface area contributed by atoms with Crippen LogP contribution >= 0.6 is 0 Å². The van der Waals surface area contributed by atoms with E-state index in [1.54, 1.807) is 0 Å². The van der Waals surface area contributed by atoms with Crippen LogP contribution in [0.1, 0.15) is 36.1 Å². The molecule has 0 fully saturated rings. The lowest BCUT2D eigenvalue weighted by Crippen LogP contribution is -2.40. The summed E-state index contributed by atoms with van der Waals surface area (Å²) in [5, 5.41) is 19.8. The molecule has 0 spiro atoms. The molecule has 27 heavy (non-hydrogen) atoms. The number of benzene rings is 3. The topological polar surface area (TPSA) is 49.7 Å². The van der Waals surface area contributed by atoms with Gasteiger partial charge >= 0.3 is 7.32 Å². The monoisotopic (exact) mass is 360 g/mol. The molecule has 3 aromatic carbocycles. The summed E-state index contributed by atoms with van der Waals surface area (Å²) in [6.07, 6.45) is 0.864. The predicted molar refractivity (Wildman–Crippen MR) is 109 cm³/mol. The molecule has 0 bridgehead atoms. The average molecular weight is 360 g/mol. The number of rotatable bonds is 7. The van der Waals surface area contributed by atoms with Crippen LogP contribution in [0.25, 0.3) is 0 Å². The molecule has 0 aliphatic carbocycles. The zero-order valence-electron chi connectivity index (χ0n) is 15.7. The summed E-state index contributed by atoms with van der Waals surface area (Å²) >= 11 is 0. The molecule has 0 radical (unpaired) electrons. The molecule has 3 nitrogen and oxygen atoms in total. The van der Waals surface area contributed by atoms with Crippen LogP contribution in [0.2, 0.25) is 0 Å². The third-order valence-corrected chi connectivity index (χ3v) is 4.67. The fourth-order valence-electron chi connectivity index (χ4n) is 3.66. The van der Waals surface area contributed by atoms with Crippen molar-refractivity contribution in [1.82, 2.24) is 0 Å². The van der Waals surface area contributed by atoms with Gasteiger partial charge < -0.3 is 14.7 Å². The van der Waals surface area contributed by atoms with Crippen molar-refractivity contribution in [3.05, 3.63) is 107 Å². The summed E-state index contributed by atoms with van der Waals surface area (Å²) in [7, 11) is -1.92. The lowest BCUT2D eigenvalue weighted by molar-refractivity contribution is 0.0807. The van der Waals surface area contributed by atoms with Crippen LogP contribution in [0.5, 0.6) is 0 Å². The minimum atomic E-state index is -1.92. The van der Waals surface area contributed by atoms with Crippen molar-refractivity contribution < 1.29 is 14.7 Å². The van der Waals surface area contributed by atoms with Gasteiger partial charge in [0.2, 0.25) is 0 Å². The summed E-state index contributed by atoms with van der Waals surface area (Å²) in [5.41, 5.74) is 2.62. The van der Waals surface area contributed by atoms with Gasteiger partial charge in [-0.2, -0.15) is 0 Å². The highest BCUT2D eigenvalue weighted by atomic mass is 16.6. The maximum Gasteiger partial charge on any atom is 0.635 e. The minimum absolute atomic E-state index is 0.453. The number of hydrogen-bond donors (Lipinski definition) is 2. The third-order valence-electron chi connectivity index (χ3n) is 4.67. The van der Waals surface area contributed by atoms with Crippen molar-refractivity contribution in [3.63, 3.8) is 0 Å². The van der Waals surface area contributed by atoms with Crippen LogP contribution in [-0.2, 0) is 16.7 Å². The first-order valence-electron chi connectivity index (χ1n) is 9.27. The van der Waals surface area contributed by atoms with E-state index in [2.05, 4.69) is 19.9 Å². The highest BCUT2D eigenvalue weighted by molar-refractivity contribution is 6.33. The molecule has 4 heteroatoms. The van der Waals surface area contributed by atoms with Gasteiger partial charge in [0.25, 0.3) is 0 Å². The van der Waals surface area contributed by atoms with Gasteiger partial charge in [0.15, 0.2) is 0 Å². The van der Waals surface area contributed by atoms with E-state index < -0.39 is 12.9 Å². The second-order valence-electron chi connectivity index (χ2n) is 7.11. The summed E-state index contributed by atoms with van der Waals surface area (Å²) in [6, 6.07) is 27.5. The van der Waals surface area contributed by atoms with Gasteiger partial charge in [0, 0.05) is 0 Å². The fourth-order valence-corrected chi connectivity index (χ4v) is 3.66. The maximum atomic E-state index is 9.88. The smallest absolute Gasteiger partial charge is 0.402 e. The van der Waals surface area contributed by atoms with E-state index >= 15 is 0 Å². The summed E-state index contributed by atoms with van der Waals surface area (Å²) < 4.78 is 5.93. The molecule has 0 atom stereocenters. The Morgan fingerprint density at radius 1 is 0.778 bits per heavy atom. The van der Waals surface area contributed by atoms with Crippen molar-refractivity contribution in [2.45, 2.75) is 25.9 Å². The first-order chi connectivity index (χ1) is 13.0. The van der Waals surface area contributed by atoms with Crippen molar-refractivity contribution in [2.75, 3.05) is 0 Å². The van der Waals surface area contributed by atoms with E-state index in [4.69, 9.17) is 4.65 Å². The molecule has 0 saturated heterocycles. The molecule has 138 valence electrons. The first-order valence-corrected chi connectivity index (χ1v) is 9.27.